The second-order valence-electron chi connectivity index (χ2n) is 4.67. The zero-order valence-electron chi connectivity index (χ0n) is 11.5. The van der Waals surface area contributed by atoms with Crippen LogP contribution >= 0.6 is 0 Å². The Balaban J connectivity index is 2.27. The third kappa shape index (κ3) is 3.36. The third-order valence-electron chi connectivity index (χ3n) is 3.21. The number of ether oxygens (including phenoxy) is 1. The third-order valence-corrected chi connectivity index (χ3v) is 3.21. The van der Waals surface area contributed by atoms with Gasteiger partial charge in [0.15, 0.2) is 0 Å². The number of hydrogen-bond acceptors (Lipinski definition) is 2. The van der Waals surface area contributed by atoms with Gasteiger partial charge in [0.2, 0.25) is 0 Å². The molecule has 0 spiro atoms. The molecule has 0 aliphatic carbocycles. The minimum Gasteiger partial charge on any atom is -0.497 e. The van der Waals surface area contributed by atoms with E-state index in [4.69, 9.17) is 4.74 Å². The fourth-order valence-corrected chi connectivity index (χ4v) is 2.21. The molecule has 0 radical (unpaired) electrons. The fraction of sp³-hybridized carbons (Fsp3) is 0.294. The highest BCUT2D eigenvalue weighted by atomic mass is 16.5. The Hall–Kier alpha value is -1.80. The summed E-state index contributed by atoms with van der Waals surface area (Å²) in [7, 11) is 1.63. The summed E-state index contributed by atoms with van der Waals surface area (Å²) in [6, 6.07) is 15.7. The van der Waals surface area contributed by atoms with Gasteiger partial charge in [-0.2, -0.15) is 0 Å². The molecule has 0 aliphatic heterocycles. The lowest BCUT2D eigenvalue weighted by Crippen LogP contribution is -2.01. The van der Waals surface area contributed by atoms with Crippen molar-refractivity contribution in [2.75, 3.05) is 7.11 Å². The number of aryl methyl sites for hydroxylation is 1. The van der Waals surface area contributed by atoms with Gasteiger partial charge in [0.25, 0.3) is 0 Å². The van der Waals surface area contributed by atoms with E-state index in [9.17, 15) is 5.11 Å². The van der Waals surface area contributed by atoms with Crippen molar-refractivity contribution in [3.05, 3.63) is 65.2 Å². The second kappa shape index (κ2) is 6.39. The first-order valence-corrected chi connectivity index (χ1v) is 6.65. The Morgan fingerprint density at radius 3 is 2.42 bits per heavy atom. The Bertz CT molecular complexity index is 534. The molecule has 2 nitrogen and oxygen atoms in total. The Morgan fingerprint density at radius 2 is 1.74 bits per heavy atom. The van der Waals surface area contributed by atoms with Gasteiger partial charge in [-0.1, -0.05) is 49.7 Å². The summed E-state index contributed by atoms with van der Waals surface area (Å²) < 4.78 is 5.19. The van der Waals surface area contributed by atoms with Crippen LogP contribution in [0.4, 0.5) is 0 Å². The van der Waals surface area contributed by atoms with E-state index in [0.717, 1.165) is 29.7 Å². The van der Waals surface area contributed by atoms with Gasteiger partial charge in [-0.05, 0) is 35.2 Å². The molecule has 2 heteroatoms. The number of methoxy groups -OCH3 is 1. The molecule has 0 heterocycles. The molecular weight excluding hydrogens is 236 g/mol. The van der Waals surface area contributed by atoms with Gasteiger partial charge < -0.3 is 9.84 Å². The molecule has 2 rings (SSSR count). The van der Waals surface area contributed by atoms with Crippen molar-refractivity contribution in [1.82, 2.24) is 0 Å². The second-order valence-corrected chi connectivity index (χ2v) is 4.67. The van der Waals surface area contributed by atoms with Crippen molar-refractivity contribution in [3.63, 3.8) is 0 Å². The topological polar surface area (TPSA) is 29.5 Å². The Labute approximate surface area is 114 Å². The van der Waals surface area contributed by atoms with Crippen LogP contribution in [0.2, 0.25) is 0 Å². The van der Waals surface area contributed by atoms with Crippen LogP contribution in [0.15, 0.2) is 48.5 Å². The van der Waals surface area contributed by atoms with E-state index in [1.165, 1.54) is 5.56 Å². The quantitative estimate of drug-likeness (QED) is 0.883. The first-order chi connectivity index (χ1) is 9.24. The maximum Gasteiger partial charge on any atom is 0.119 e. The minimum absolute atomic E-state index is 0.605. The van der Waals surface area contributed by atoms with Crippen LogP contribution in [0.1, 0.15) is 36.1 Å². The minimum atomic E-state index is -0.605. The average Bonchev–Trinajstić information content (AvgIpc) is 2.47. The average molecular weight is 256 g/mol. The number of rotatable bonds is 5. The van der Waals surface area contributed by atoms with Gasteiger partial charge in [-0.25, -0.2) is 0 Å². The Morgan fingerprint density at radius 1 is 1.05 bits per heavy atom. The van der Waals surface area contributed by atoms with Gasteiger partial charge in [-0.3, -0.25) is 0 Å². The lowest BCUT2D eigenvalue weighted by Gasteiger charge is -2.13. The van der Waals surface area contributed by atoms with Crippen LogP contribution in [-0.4, -0.2) is 12.2 Å². The van der Waals surface area contributed by atoms with Crippen molar-refractivity contribution >= 4 is 0 Å². The van der Waals surface area contributed by atoms with Crippen molar-refractivity contribution in [3.8, 4) is 5.75 Å². The van der Waals surface area contributed by atoms with Gasteiger partial charge in [-0.15, -0.1) is 0 Å². The molecule has 0 amide bonds. The van der Waals surface area contributed by atoms with E-state index in [1.807, 2.05) is 36.4 Å². The maximum atomic E-state index is 10.4. The number of aliphatic hydroxyl groups excluding tert-OH is 1. The van der Waals surface area contributed by atoms with Gasteiger partial charge in [0.1, 0.15) is 11.9 Å². The summed E-state index contributed by atoms with van der Waals surface area (Å²) in [6.07, 6.45) is 1.55. The first-order valence-electron chi connectivity index (χ1n) is 6.65. The summed E-state index contributed by atoms with van der Waals surface area (Å²) in [4.78, 5) is 0. The van der Waals surface area contributed by atoms with Crippen LogP contribution in [0.5, 0.6) is 5.75 Å². The van der Waals surface area contributed by atoms with E-state index in [-0.39, 0.29) is 0 Å². The van der Waals surface area contributed by atoms with E-state index < -0.39 is 6.10 Å². The highest BCUT2D eigenvalue weighted by Crippen LogP contribution is 2.25. The molecule has 2 aromatic rings. The van der Waals surface area contributed by atoms with E-state index >= 15 is 0 Å². The van der Waals surface area contributed by atoms with Crippen LogP contribution in [-0.2, 0) is 6.42 Å². The van der Waals surface area contributed by atoms with Crippen LogP contribution < -0.4 is 4.74 Å². The first kappa shape index (κ1) is 13.6. The summed E-state index contributed by atoms with van der Waals surface area (Å²) in [6.45, 7) is 2.16. The van der Waals surface area contributed by atoms with E-state index in [1.54, 1.807) is 7.11 Å². The molecular formula is C17H20O2. The van der Waals surface area contributed by atoms with Crippen molar-refractivity contribution in [1.29, 1.82) is 0 Å². The molecule has 2 aromatic carbocycles. The molecule has 0 saturated carbocycles. The predicted octanol–water partition coefficient (Wildman–Crippen LogP) is 3.73. The standard InChI is InChI=1S/C17H20O2/c1-3-6-13-7-4-8-14(11-13)17(18)15-9-5-10-16(12-15)19-2/h4-5,7-12,17-18H,3,6H2,1-2H3. The van der Waals surface area contributed by atoms with Crippen molar-refractivity contribution in [2.45, 2.75) is 25.9 Å². The molecule has 1 unspecified atom stereocenters. The zero-order valence-corrected chi connectivity index (χ0v) is 11.5. The number of hydrogen-bond donors (Lipinski definition) is 1. The van der Waals surface area contributed by atoms with Crippen LogP contribution in [0, 0.1) is 0 Å². The van der Waals surface area contributed by atoms with Gasteiger partial charge in [0.05, 0.1) is 7.11 Å². The molecule has 19 heavy (non-hydrogen) atoms. The molecule has 0 bridgehead atoms. The molecule has 0 aliphatic rings. The normalized spacial score (nSPS) is 12.2. The van der Waals surface area contributed by atoms with Crippen molar-refractivity contribution in [2.24, 2.45) is 0 Å². The highest BCUT2D eigenvalue weighted by Gasteiger charge is 2.11. The van der Waals surface area contributed by atoms with E-state index in [0.29, 0.717) is 0 Å². The summed E-state index contributed by atoms with van der Waals surface area (Å²) in [5.41, 5.74) is 3.05. The summed E-state index contributed by atoms with van der Waals surface area (Å²) in [5, 5.41) is 10.4. The predicted molar refractivity (Wildman–Crippen MR) is 77.5 cm³/mol. The monoisotopic (exact) mass is 256 g/mol. The highest BCUT2D eigenvalue weighted by molar-refractivity contribution is 5.36. The lowest BCUT2D eigenvalue weighted by atomic mass is 9.98. The number of benzene rings is 2. The molecule has 1 N–H and O–H groups in total. The largest absolute Gasteiger partial charge is 0.497 e. The van der Waals surface area contributed by atoms with Gasteiger partial charge in [0, 0.05) is 0 Å². The fourth-order valence-electron chi connectivity index (χ4n) is 2.21. The Kier molecular flexibility index (Phi) is 4.58. The smallest absolute Gasteiger partial charge is 0.119 e. The van der Waals surface area contributed by atoms with E-state index in [2.05, 4.69) is 19.1 Å². The molecule has 1 atom stereocenters. The van der Waals surface area contributed by atoms with Crippen LogP contribution in [0.25, 0.3) is 0 Å². The maximum absolute atomic E-state index is 10.4. The van der Waals surface area contributed by atoms with Crippen molar-refractivity contribution < 1.29 is 9.84 Å². The lowest BCUT2D eigenvalue weighted by molar-refractivity contribution is 0.219. The molecule has 0 aromatic heterocycles. The molecule has 0 fully saturated rings. The van der Waals surface area contributed by atoms with Gasteiger partial charge >= 0.3 is 0 Å². The SMILES string of the molecule is CCCc1cccc(C(O)c2cccc(OC)c2)c1. The zero-order chi connectivity index (χ0) is 13.7. The van der Waals surface area contributed by atoms with Crippen LogP contribution in [0.3, 0.4) is 0 Å². The summed E-state index contributed by atoms with van der Waals surface area (Å²) >= 11 is 0. The molecule has 100 valence electrons. The summed E-state index contributed by atoms with van der Waals surface area (Å²) in [5.74, 6) is 0.765. The number of aliphatic hydroxyl groups is 1. The molecule has 0 saturated heterocycles.